The lowest BCUT2D eigenvalue weighted by molar-refractivity contribution is 0.0526. The fourth-order valence-electron chi connectivity index (χ4n) is 4.14. The van der Waals surface area contributed by atoms with Crippen LogP contribution >= 0.6 is 11.3 Å². The molecule has 1 aromatic carbocycles. The summed E-state index contributed by atoms with van der Waals surface area (Å²) in [6, 6.07) is 5.87. The minimum atomic E-state index is -3.60. The van der Waals surface area contributed by atoms with Gasteiger partial charge >= 0.3 is 5.97 Å². The Kier molecular flexibility index (Phi) is 8.86. The van der Waals surface area contributed by atoms with Gasteiger partial charge in [-0.2, -0.15) is 4.31 Å². The molecule has 1 amide bonds. The van der Waals surface area contributed by atoms with Crippen LogP contribution in [0.2, 0.25) is 0 Å². The predicted molar refractivity (Wildman–Crippen MR) is 134 cm³/mol. The molecule has 0 saturated heterocycles. The quantitative estimate of drug-likeness (QED) is 0.489. The summed E-state index contributed by atoms with van der Waals surface area (Å²) in [7, 11) is -3.60. The van der Waals surface area contributed by atoms with E-state index in [0.29, 0.717) is 29.2 Å². The van der Waals surface area contributed by atoms with Crippen LogP contribution in [-0.2, 0) is 27.7 Å². The zero-order valence-electron chi connectivity index (χ0n) is 20.2. The van der Waals surface area contributed by atoms with E-state index in [1.54, 1.807) is 20.8 Å². The van der Waals surface area contributed by atoms with Gasteiger partial charge in [-0.25, -0.2) is 13.2 Å². The third-order valence-electron chi connectivity index (χ3n) is 5.84. The van der Waals surface area contributed by atoms with Crippen molar-refractivity contribution in [2.45, 2.75) is 52.0 Å². The number of sulfonamides is 1. The molecule has 0 atom stereocenters. The number of ether oxygens (including phenoxy) is 1. The van der Waals surface area contributed by atoms with E-state index in [-0.39, 0.29) is 11.5 Å². The lowest BCUT2D eigenvalue weighted by atomic mass is 10.0. The minimum absolute atomic E-state index is 0.141. The molecule has 34 heavy (non-hydrogen) atoms. The van der Waals surface area contributed by atoms with E-state index in [9.17, 15) is 18.0 Å². The van der Waals surface area contributed by atoms with Gasteiger partial charge in [-0.3, -0.25) is 9.69 Å². The standard InChI is InChI=1S/C24H33N3O5S2/c1-5-14-26-15-13-19-20(16-26)33-23(21(19)24(29)32-8-4)25-22(28)17-9-11-18(12-10-17)34(30,31)27(6-2)7-3/h9-12H,5-8,13-16H2,1-4H3,(H,25,28). The van der Waals surface area contributed by atoms with Gasteiger partial charge in [-0.05, 0) is 56.1 Å². The molecule has 1 aliphatic heterocycles. The second kappa shape index (κ2) is 11.4. The number of carbonyl (C=O) groups excluding carboxylic acids is 2. The number of amides is 1. The number of esters is 1. The third kappa shape index (κ3) is 5.51. The van der Waals surface area contributed by atoms with Gasteiger partial charge in [0.1, 0.15) is 5.00 Å². The topological polar surface area (TPSA) is 96.0 Å². The number of rotatable bonds is 10. The van der Waals surface area contributed by atoms with Crippen LogP contribution in [0, 0.1) is 0 Å². The van der Waals surface area contributed by atoms with Crippen molar-refractivity contribution >= 4 is 38.2 Å². The zero-order chi connectivity index (χ0) is 24.9. The van der Waals surface area contributed by atoms with Crippen molar-refractivity contribution in [2.24, 2.45) is 0 Å². The number of nitrogens with zero attached hydrogens (tertiary/aromatic N) is 2. The molecular weight excluding hydrogens is 474 g/mol. The van der Waals surface area contributed by atoms with Crippen LogP contribution in [-0.4, -0.2) is 62.3 Å². The van der Waals surface area contributed by atoms with Gasteiger partial charge in [0.25, 0.3) is 5.91 Å². The van der Waals surface area contributed by atoms with E-state index < -0.39 is 21.9 Å². The highest BCUT2D eigenvalue weighted by atomic mass is 32.2. The van der Waals surface area contributed by atoms with Crippen LogP contribution in [0.5, 0.6) is 0 Å². The van der Waals surface area contributed by atoms with E-state index in [1.807, 2.05) is 0 Å². The maximum Gasteiger partial charge on any atom is 0.341 e. The number of thiophene rings is 1. The first kappa shape index (κ1) is 26.3. The Bertz CT molecular complexity index is 1120. The van der Waals surface area contributed by atoms with Crippen LogP contribution in [0.25, 0.3) is 0 Å². The number of hydrogen-bond acceptors (Lipinski definition) is 7. The van der Waals surface area contributed by atoms with Crippen molar-refractivity contribution in [3.8, 4) is 0 Å². The molecule has 2 aromatic rings. The normalized spacial score (nSPS) is 14.1. The van der Waals surface area contributed by atoms with Crippen molar-refractivity contribution in [3.05, 3.63) is 45.8 Å². The van der Waals surface area contributed by atoms with Crippen LogP contribution in [0.1, 0.15) is 65.3 Å². The predicted octanol–water partition coefficient (Wildman–Crippen LogP) is 3.98. The second-order valence-corrected chi connectivity index (χ2v) is 11.1. The summed E-state index contributed by atoms with van der Waals surface area (Å²) in [5, 5.41) is 3.35. The Morgan fingerprint density at radius 2 is 1.79 bits per heavy atom. The van der Waals surface area contributed by atoms with E-state index in [1.165, 1.54) is 39.9 Å². The van der Waals surface area contributed by atoms with Gasteiger partial charge in [0.05, 0.1) is 17.1 Å². The second-order valence-electron chi connectivity index (χ2n) is 8.02. The lowest BCUT2D eigenvalue weighted by Gasteiger charge is -2.26. The Hall–Kier alpha value is -2.27. The number of anilines is 1. The van der Waals surface area contributed by atoms with Crippen LogP contribution in [0.15, 0.2) is 29.2 Å². The lowest BCUT2D eigenvalue weighted by Crippen LogP contribution is -2.30. The first-order chi connectivity index (χ1) is 16.3. The van der Waals surface area contributed by atoms with Crippen molar-refractivity contribution in [1.82, 2.24) is 9.21 Å². The average Bonchev–Trinajstić information content (AvgIpc) is 3.17. The zero-order valence-corrected chi connectivity index (χ0v) is 21.9. The molecule has 3 rings (SSSR count). The Labute approximate surface area is 205 Å². The molecule has 2 heterocycles. The molecule has 0 aliphatic carbocycles. The molecule has 1 aliphatic rings. The smallest absolute Gasteiger partial charge is 0.341 e. The molecule has 8 nitrogen and oxygen atoms in total. The number of fused-ring (bicyclic) bond motifs is 1. The summed E-state index contributed by atoms with van der Waals surface area (Å²) in [5.74, 6) is -0.832. The number of nitrogens with one attached hydrogen (secondary N) is 1. The van der Waals surface area contributed by atoms with Crippen molar-refractivity contribution in [1.29, 1.82) is 0 Å². The van der Waals surface area contributed by atoms with Gasteiger partial charge in [0.15, 0.2) is 0 Å². The molecule has 0 bridgehead atoms. The highest BCUT2D eigenvalue weighted by molar-refractivity contribution is 7.89. The summed E-state index contributed by atoms with van der Waals surface area (Å²) in [6.45, 7) is 11.0. The van der Waals surface area contributed by atoms with E-state index in [4.69, 9.17) is 4.74 Å². The molecule has 10 heteroatoms. The van der Waals surface area contributed by atoms with E-state index in [2.05, 4.69) is 17.1 Å². The highest BCUT2D eigenvalue weighted by Crippen LogP contribution is 2.38. The van der Waals surface area contributed by atoms with Crippen LogP contribution in [0.4, 0.5) is 5.00 Å². The summed E-state index contributed by atoms with van der Waals surface area (Å²) in [6.07, 6.45) is 1.78. The fraction of sp³-hybridized carbons (Fsp3) is 0.500. The third-order valence-corrected chi connectivity index (χ3v) is 9.04. The molecule has 0 radical (unpaired) electrons. The highest BCUT2D eigenvalue weighted by Gasteiger charge is 2.29. The van der Waals surface area contributed by atoms with Gasteiger partial charge in [0, 0.05) is 36.6 Å². The Morgan fingerprint density at radius 3 is 2.38 bits per heavy atom. The van der Waals surface area contributed by atoms with E-state index >= 15 is 0 Å². The van der Waals surface area contributed by atoms with Crippen molar-refractivity contribution < 1.29 is 22.7 Å². The molecule has 0 saturated carbocycles. The van der Waals surface area contributed by atoms with Crippen molar-refractivity contribution in [2.75, 3.05) is 38.1 Å². The fourth-order valence-corrected chi connectivity index (χ4v) is 6.87. The number of benzene rings is 1. The monoisotopic (exact) mass is 507 g/mol. The van der Waals surface area contributed by atoms with E-state index in [0.717, 1.165) is 42.9 Å². The summed E-state index contributed by atoms with van der Waals surface area (Å²) in [4.78, 5) is 29.3. The van der Waals surface area contributed by atoms with Crippen molar-refractivity contribution in [3.63, 3.8) is 0 Å². The molecule has 0 fully saturated rings. The molecule has 0 unspecified atom stereocenters. The Morgan fingerprint density at radius 1 is 1.12 bits per heavy atom. The number of hydrogen-bond donors (Lipinski definition) is 1. The maximum atomic E-state index is 13.0. The van der Waals surface area contributed by atoms with Gasteiger partial charge in [-0.15, -0.1) is 11.3 Å². The van der Waals surface area contributed by atoms with Crippen LogP contribution < -0.4 is 5.32 Å². The Balaban J connectivity index is 1.86. The molecular formula is C24H33N3O5S2. The summed E-state index contributed by atoms with van der Waals surface area (Å²) in [5.41, 5.74) is 1.70. The molecule has 1 N–H and O–H groups in total. The summed E-state index contributed by atoms with van der Waals surface area (Å²) >= 11 is 1.41. The summed E-state index contributed by atoms with van der Waals surface area (Å²) < 4.78 is 32.1. The first-order valence-electron chi connectivity index (χ1n) is 11.7. The largest absolute Gasteiger partial charge is 0.462 e. The van der Waals surface area contributed by atoms with Crippen LogP contribution in [0.3, 0.4) is 0 Å². The molecule has 186 valence electrons. The van der Waals surface area contributed by atoms with Gasteiger partial charge in [-0.1, -0.05) is 20.8 Å². The number of carbonyl (C=O) groups is 2. The maximum absolute atomic E-state index is 13.0. The molecule has 0 spiro atoms. The SMILES string of the molecule is CCCN1CCc2c(sc(NC(=O)c3ccc(S(=O)(=O)N(CC)CC)cc3)c2C(=O)OCC)C1. The minimum Gasteiger partial charge on any atom is -0.462 e. The first-order valence-corrected chi connectivity index (χ1v) is 14.0. The van der Waals surface area contributed by atoms with Gasteiger partial charge < -0.3 is 10.1 Å². The average molecular weight is 508 g/mol. The van der Waals surface area contributed by atoms with Gasteiger partial charge in [0.2, 0.25) is 10.0 Å². The molecule has 1 aromatic heterocycles.